The Morgan fingerprint density at radius 2 is 1.96 bits per heavy atom. The summed E-state index contributed by atoms with van der Waals surface area (Å²) >= 11 is 5.91. The largest absolute Gasteiger partial charge is 0.333 e. The van der Waals surface area contributed by atoms with Crippen LogP contribution in [0.1, 0.15) is 17.5 Å². The highest BCUT2D eigenvalue weighted by molar-refractivity contribution is 6.30. The van der Waals surface area contributed by atoms with Gasteiger partial charge < -0.3 is 15.5 Å². The molecule has 130 valence electrons. The zero-order valence-corrected chi connectivity index (χ0v) is 14.9. The molecule has 2 aromatic rings. The summed E-state index contributed by atoms with van der Waals surface area (Å²) in [7, 11) is 0. The van der Waals surface area contributed by atoms with Gasteiger partial charge in [-0.15, -0.1) is 0 Å². The van der Waals surface area contributed by atoms with Crippen molar-refractivity contribution >= 4 is 34.9 Å². The minimum Gasteiger partial charge on any atom is -0.333 e. The van der Waals surface area contributed by atoms with Crippen LogP contribution >= 0.6 is 11.6 Å². The maximum atomic E-state index is 12.3. The average molecular weight is 358 g/mol. The van der Waals surface area contributed by atoms with Crippen LogP contribution in [0, 0.1) is 13.8 Å². The lowest BCUT2D eigenvalue weighted by atomic mass is 10.1. The van der Waals surface area contributed by atoms with E-state index in [1.54, 1.807) is 29.2 Å². The van der Waals surface area contributed by atoms with Gasteiger partial charge in [-0.2, -0.15) is 0 Å². The fraction of sp³-hybridized carbons (Fsp3) is 0.263. The van der Waals surface area contributed by atoms with Gasteiger partial charge in [-0.25, -0.2) is 4.79 Å². The Balaban J connectivity index is 1.62. The Morgan fingerprint density at radius 3 is 2.68 bits per heavy atom. The zero-order valence-electron chi connectivity index (χ0n) is 14.2. The number of carbonyl (C=O) groups excluding carboxylic acids is 2. The molecule has 25 heavy (non-hydrogen) atoms. The predicted octanol–water partition coefficient (Wildman–Crippen LogP) is 3.88. The van der Waals surface area contributed by atoms with Gasteiger partial charge >= 0.3 is 6.03 Å². The molecule has 1 aliphatic heterocycles. The second-order valence-corrected chi connectivity index (χ2v) is 6.72. The van der Waals surface area contributed by atoms with Gasteiger partial charge in [-0.3, -0.25) is 4.79 Å². The van der Waals surface area contributed by atoms with E-state index in [4.69, 9.17) is 11.6 Å². The normalized spacial score (nSPS) is 16.8. The highest BCUT2D eigenvalue weighted by atomic mass is 35.5. The lowest BCUT2D eigenvalue weighted by molar-refractivity contribution is -0.117. The second-order valence-electron chi connectivity index (χ2n) is 6.28. The molecule has 0 radical (unpaired) electrons. The lowest BCUT2D eigenvalue weighted by Crippen LogP contribution is -2.39. The van der Waals surface area contributed by atoms with Crippen molar-refractivity contribution in [2.24, 2.45) is 0 Å². The molecule has 2 aromatic carbocycles. The number of carbonyl (C=O) groups is 2. The van der Waals surface area contributed by atoms with Gasteiger partial charge in [0.25, 0.3) is 0 Å². The third kappa shape index (κ3) is 4.12. The SMILES string of the molecule is Cc1ccc(N2C[C@H](NC(=O)Nc3cccc(Cl)c3)CC2=O)cc1C. The van der Waals surface area contributed by atoms with E-state index in [9.17, 15) is 9.59 Å². The molecule has 5 nitrogen and oxygen atoms in total. The molecule has 0 saturated carbocycles. The minimum absolute atomic E-state index is 0.0105. The van der Waals surface area contributed by atoms with Crippen LogP contribution in [-0.4, -0.2) is 24.5 Å². The number of urea groups is 1. The first-order chi connectivity index (χ1) is 11.9. The van der Waals surface area contributed by atoms with Gasteiger partial charge in [-0.05, 0) is 55.3 Å². The van der Waals surface area contributed by atoms with E-state index in [-0.39, 0.29) is 24.4 Å². The highest BCUT2D eigenvalue weighted by Crippen LogP contribution is 2.24. The zero-order chi connectivity index (χ0) is 18.0. The van der Waals surface area contributed by atoms with Crippen molar-refractivity contribution in [1.82, 2.24) is 5.32 Å². The smallest absolute Gasteiger partial charge is 0.319 e. The highest BCUT2D eigenvalue weighted by Gasteiger charge is 2.31. The van der Waals surface area contributed by atoms with Gasteiger partial charge in [-0.1, -0.05) is 23.7 Å². The van der Waals surface area contributed by atoms with Crippen molar-refractivity contribution in [2.45, 2.75) is 26.3 Å². The fourth-order valence-electron chi connectivity index (χ4n) is 2.87. The molecule has 0 aromatic heterocycles. The molecule has 1 fully saturated rings. The first kappa shape index (κ1) is 17.3. The third-order valence-electron chi connectivity index (χ3n) is 4.34. The summed E-state index contributed by atoms with van der Waals surface area (Å²) in [6.45, 7) is 4.52. The molecule has 0 bridgehead atoms. The van der Waals surface area contributed by atoms with Crippen LogP contribution < -0.4 is 15.5 Å². The molecule has 3 rings (SSSR count). The number of hydrogen-bond donors (Lipinski definition) is 2. The maximum absolute atomic E-state index is 12.3. The summed E-state index contributed by atoms with van der Waals surface area (Å²) in [5.74, 6) is 0.0105. The second kappa shape index (κ2) is 7.15. The first-order valence-electron chi connectivity index (χ1n) is 8.13. The quantitative estimate of drug-likeness (QED) is 0.875. The predicted molar refractivity (Wildman–Crippen MR) is 100 cm³/mol. The first-order valence-corrected chi connectivity index (χ1v) is 8.51. The molecule has 0 spiro atoms. The van der Waals surface area contributed by atoms with Crippen LogP contribution in [0.4, 0.5) is 16.2 Å². The number of rotatable bonds is 3. The molecule has 1 atom stereocenters. The van der Waals surface area contributed by atoms with Crippen molar-refractivity contribution in [1.29, 1.82) is 0 Å². The summed E-state index contributed by atoms with van der Waals surface area (Å²) in [6, 6.07) is 12.3. The van der Waals surface area contributed by atoms with E-state index in [2.05, 4.69) is 10.6 Å². The van der Waals surface area contributed by atoms with Crippen molar-refractivity contribution < 1.29 is 9.59 Å². The van der Waals surface area contributed by atoms with Gasteiger partial charge in [0.2, 0.25) is 5.91 Å². The number of nitrogens with zero attached hydrogens (tertiary/aromatic N) is 1. The Bertz CT molecular complexity index is 822. The number of hydrogen-bond acceptors (Lipinski definition) is 2. The maximum Gasteiger partial charge on any atom is 0.319 e. The summed E-state index contributed by atoms with van der Waals surface area (Å²) in [5, 5.41) is 6.13. The summed E-state index contributed by atoms with van der Waals surface area (Å²) in [4.78, 5) is 26.2. The topological polar surface area (TPSA) is 61.4 Å². The van der Waals surface area contributed by atoms with Gasteiger partial charge in [0.1, 0.15) is 0 Å². The van der Waals surface area contributed by atoms with E-state index >= 15 is 0 Å². The van der Waals surface area contributed by atoms with Crippen LogP contribution in [0.2, 0.25) is 5.02 Å². The number of anilines is 2. The Morgan fingerprint density at radius 1 is 1.16 bits per heavy atom. The lowest BCUT2D eigenvalue weighted by Gasteiger charge is -2.18. The third-order valence-corrected chi connectivity index (χ3v) is 4.58. The van der Waals surface area contributed by atoms with Crippen molar-refractivity contribution in [3.63, 3.8) is 0 Å². The fourth-order valence-corrected chi connectivity index (χ4v) is 3.06. The molecular weight excluding hydrogens is 338 g/mol. The van der Waals surface area contributed by atoms with Crippen molar-refractivity contribution in [3.8, 4) is 0 Å². The molecule has 3 amide bonds. The molecule has 0 aliphatic carbocycles. The standard InChI is InChI=1S/C19H20ClN3O2/c1-12-6-7-17(8-13(12)2)23-11-16(10-18(23)24)22-19(25)21-15-5-3-4-14(20)9-15/h3-9,16H,10-11H2,1-2H3,(H2,21,22,25)/t16-/m1/s1. The molecule has 2 N–H and O–H groups in total. The molecule has 1 heterocycles. The monoisotopic (exact) mass is 357 g/mol. The van der Waals surface area contributed by atoms with Crippen LogP contribution in [0.3, 0.4) is 0 Å². The number of benzene rings is 2. The molecule has 1 saturated heterocycles. The summed E-state index contributed by atoms with van der Waals surface area (Å²) in [6.07, 6.45) is 0.288. The number of amides is 3. The van der Waals surface area contributed by atoms with Crippen molar-refractivity contribution in [2.75, 3.05) is 16.8 Å². The Labute approximate surface area is 152 Å². The van der Waals surface area contributed by atoms with Crippen LogP contribution in [-0.2, 0) is 4.79 Å². The van der Waals surface area contributed by atoms with E-state index in [0.717, 1.165) is 11.3 Å². The molecule has 1 aliphatic rings. The molecule has 6 heteroatoms. The van der Waals surface area contributed by atoms with E-state index in [1.165, 1.54) is 5.56 Å². The minimum atomic E-state index is -0.345. The summed E-state index contributed by atoms with van der Waals surface area (Å²) < 4.78 is 0. The number of nitrogens with one attached hydrogen (secondary N) is 2. The number of halogens is 1. The van der Waals surface area contributed by atoms with Gasteiger partial charge in [0.05, 0.1) is 6.04 Å². The summed E-state index contributed by atoms with van der Waals surface area (Å²) in [5.41, 5.74) is 3.80. The average Bonchev–Trinajstić information content (AvgIpc) is 2.90. The van der Waals surface area contributed by atoms with E-state index < -0.39 is 0 Å². The number of aryl methyl sites for hydroxylation is 2. The van der Waals surface area contributed by atoms with Crippen LogP contribution in [0.25, 0.3) is 0 Å². The van der Waals surface area contributed by atoms with Crippen molar-refractivity contribution in [3.05, 3.63) is 58.6 Å². The van der Waals surface area contributed by atoms with E-state index in [0.29, 0.717) is 17.3 Å². The molecule has 0 unspecified atom stereocenters. The van der Waals surface area contributed by atoms with Gasteiger partial charge in [0.15, 0.2) is 0 Å². The Kier molecular flexibility index (Phi) is 4.95. The van der Waals surface area contributed by atoms with Gasteiger partial charge in [0, 0.05) is 29.4 Å². The van der Waals surface area contributed by atoms with Crippen LogP contribution in [0.5, 0.6) is 0 Å². The van der Waals surface area contributed by atoms with E-state index in [1.807, 2.05) is 32.0 Å². The van der Waals surface area contributed by atoms with Crippen LogP contribution in [0.15, 0.2) is 42.5 Å². The molecular formula is C19H20ClN3O2. The Hall–Kier alpha value is -2.53.